The third-order valence-electron chi connectivity index (χ3n) is 1.28. The maximum absolute atomic E-state index is 10.00. The van der Waals surface area contributed by atoms with Gasteiger partial charge in [-0.05, 0) is 12.3 Å². The van der Waals surface area contributed by atoms with Crippen LogP contribution in [0.4, 0.5) is 4.79 Å². The van der Waals surface area contributed by atoms with Gasteiger partial charge in [0.25, 0.3) is 0 Å². The summed E-state index contributed by atoms with van der Waals surface area (Å²) in [5.41, 5.74) is 6.44. The van der Waals surface area contributed by atoms with Crippen LogP contribution in [0.5, 0.6) is 0 Å². The molecule has 0 spiro atoms. The number of hydrogen-bond donors (Lipinski definition) is 0. The molecule has 1 unspecified atom stereocenters. The van der Waals surface area contributed by atoms with Crippen molar-refractivity contribution in [3.8, 4) is 0 Å². The number of nitrogens with one attached hydrogen (secondary N) is 1. The lowest BCUT2D eigenvalue weighted by Crippen LogP contribution is -2.10. The average molecular weight is 144 g/mol. The predicted molar refractivity (Wildman–Crippen MR) is 38.5 cm³/mol. The molecule has 0 fully saturated rings. The quantitative estimate of drug-likeness (QED) is 0.604. The van der Waals surface area contributed by atoms with Crippen LogP contribution in [0.3, 0.4) is 0 Å². The highest BCUT2D eigenvalue weighted by atomic mass is 16.5. The van der Waals surface area contributed by atoms with Gasteiger partial charge in [0.1, 0.15) is 0 Å². The molecule has 0 heterocycles. The van der Waals surface area contributed by atoms with Gasteiger partial charge in [-0.25, -0.2) is 10.5 Å². The molecule has 0 aliphatic heterocycles. The highest BCUT2D eigenvalue weighted by Crippen LogP contribution is 2.04. The van der Waals surface area contributed by atoms with E-state index in [0.717, 1.165) is 12.8 Å². The number of rotatable bonds is 4. The van der Waals surface area contributed by atoms with Gasteiger partial charge in [-0.2, -0.15) is 0 Å². The molecule has 59 valence electrons. The van der Waals surface area contributed by atoms with E-state index in [2.05, 4.69) is 11.7 Å². The zero-order chi connectivity index (χ0) is 7.98. The summed E-state index contributed by atoms with van der Waals surface area (Å²) in [4.78, 5) is 10.00. The summed E-state index contributed by atoms with van der Waals surface area (Å²) in [6, 6.07) is 0. The molecule has 0 rings (SSSR count). The molecule has 3 heteroatoms. The maximum Gasteiger partial charge on any atom is 0.426 e. The lowest BCUT2D eigenvalue weighted by atomic mass is 10.1. The number of amides is 1. The second-order valence-corrected chi connectivity index (χ2v) is 2.49. The van der Waals surface area contributed by atoms with E-state index >= 15 is 0 Å². The summed E-state index contributed by atoms with van der Waals surface area (Å²) in [6.45, 7) is 4.47. The Balaban J connectivity index is 3.21. The van der Waals surface area contributed by atoms with E-state index in [-0.39, 0.29) is 0 Å². The van der Waals surface area contributed by atoms with E-state index in [1.54, 1.807) is 0 Å². The van der Waals surface area contributed by atoms with Crippen LogP contribution in [0.25, 0.3) is 0 Å². The predicted octanol–water partition coefficient (Wildman–Crippen LogP) is 1.84. The first kappa shape index (κ1) is 9.27. The first-order valence-electron chi connectivity index (χ1n) is 3.55. The zero-order valence-corrected chi connectivity index (χ0v) is 6.52. The van der Waals surface area contributed by atoms with Crippen LogP contribution >= 0.6 is 0 Å². The van der Waals surface area contributed by atoms with Gasteiger partial charge in [0.05, 0.1) is 6.61 Å². The van der Waals surface area contributed by atoms with Gasteiger partial charge in [-0.3, -0.25) is 0 Å². The SMILES string of the molecule is CCCC(C)COC([NH])=O. The standard InChI is InChI=1S/C7H14NO2/c1-3-4-6(2)5-10-7(8)9/h6,8H,3-5H2,1-2H3. The van der Waals surface area contributed by atoms with Gasteiger partial charge in [0.2, 0.25) is 0 Å². The maximum atomic E-state index is 10.00. The van der Waals surface area contributed by atoms with Crippen LogP contribution in [-0.2, 0) is 4.74 Å². The van der Waals surface area contributed by atoms with Crippen LogP contribution in [0.2, 0.25) is 0 Å². The lowest BCUT2D eigenvalue weighted by molar-refractivity contribution is 0.136. The van der Waals surface area contributed by atoms with Crippen molar-refractivity contribution in [3.63, 3.8) is 0 Å². The van der Waals surface area contributed by atoms with Crippen molar-refractivity contribution < 1.29 is 9.53 Å². The molecule has 3 nitrogen and oxygen atoms in total. The summed E-state index contributed by atoms with van der Waals surface area (Å²) in [6.07, 6.45) is 1.22. The Kier molecular flexibility index (Phi) is 4.72. The smallest absolute Gasteiger partial charge is 0.426 e. The Morgan fingerprint density at radius 3 is 2.70 bits per heavy atom. The highest BCUT2D eigenvalue weighted by Gasteiger charge is 2.02. The zero-order valence-electron chi connectivity index (χ0n) is 6.52. The summed E-state index contributed by atoms with van der Waals surface area (Å²) >= 11 is 0. The fraction of sp³-hybridized carbons (Fsp3) is 0.857. The Labute approximate surface area is 61.5 Å². The van der Waals surface area contributed by atoms with Crippen LogP contribution in [-0.4, -0.2) is 12.7 Å². The van der Waals surface area contributed by atoms with Crippen LogP contribution < -0.4 is 5.73 Å². The molecule has 0 aliphatic rings. The summed E-state index contributed by atoms with van der Waals surface area (Å²) in [5, 5.41) is 0. The average Bonchev–Trinajstić information content (AvgIpc) is 1.85. The molecule has 1 amide bonds. The topological polar surface area (TPSA) is 50.1 Å². The van der Waals surface area contributed by atoms with Crippen molar-refractivity contribution in [2.45, 2.75) is 26.7 Å². The summed E-state index contributed by atoms with van der Waals surface area (Å²) in [5.74, 6) is 0.388. The molecule has 1 N–H and O–H groups in total. The third kappa shape index (κ3) is 5.41. The number of ether oxygens (including phenoxy) is 1. The van der Waals surface area contributed by atoms with Gasteiger partial charge in [-0.15, -0.1) is 0 Å². The number of carbonyl (C=O) groups is 1. The van der Waals surface area contributed by atoms with E-state index in [1.165, 1.54) is 0 Å². The Morgan fingerprint density at radius 2 is 2.30 bits per heavy atom. The van der Waals surface area contributed by atoms with Crippen molar-refractivity contribution in [2.24, 2.45) is 5.92 Å². The fourth-order valence-corrected chi connectivity index (χ4v) is 0.794. The molecular formula is C7H14NO2. The minimum absolute atomic E-state index is 0.385. The molecule has 1 atom stereocenters. The molecule has 0 aromatic carbocycles. The fourth-order valence-electron chi connectivity index (χ4n) is 0.794. The normalized spacial score (nSPS) is 12.6. The number of hydrogen-bond acceptors (Lipinski definition) is 2. The second-order valence-electron chi connectivity index (χ2n) is 2.49. The van der Waals surface area contributed by atoms with Gasteiger partial charge < -0.3 is 4.74 Å². The highest BCUT2D eigenvalue weighted by molar-refractivity contribution is 5.63. The van der Waals surface area contributed by atoms with Crippen LogP contribution in [0.1, 0.15) is 26.7 Å². The van der Waals surface area contributed by atoms with E-state index < -0.39 is 6.09 Å². The van der Waals surface area contributed by atoms with Crippen LogP contribution in [0, 0.1) is 5.92 Å². The van der Waals surface area contributed by atoms with Crippen LogP contribution in [0.15, 0.2) is 0 Å². The van der Waals surface area contributed by atoms with E-state index in [4.69, 9.17) is 5.73 Å². The van der Waals surface area contributed by atoms with Gasteiger partial charge in [-0.1, -0.05) is 20.3 Å². The number of carbonyl (C=O) groups excluding carboxylic acids is 1. The van der Waals surface area contributed by atoms with Crippen molar-refractivity contribution in [1.29, 1.82) is 0 Å². The molecule has 0 aromatic heterocycles. The van der Waals surface area contributed by atoms with E-state index in [0.29, 0.717) is 12.5 Å². The monoisotopic (exact) mass is 144 g/mol. The molecular weight excluding hydrogens is 130 g/mol. The minimum atomic E-state index is -0.928. The van der Waals surface area contributed by atoms with Gasteiger partial charge in [0, 0.05) is 0 Å². The van der Waals surface area contributed by atoms with E-state index in [1.807, 2.05) is 6.92 Å². The van der Waals surface area contributed by atoms with Gasteiger partial charge in [0.15, 0.2) is 0 Å². The first-order chi connectivity index (χ1) is 4.66. The summed E-state index contributed by atoms with van der Waals surface area (Å²) in [7, 11) is 0. The Bertz CT molecular complexity index is 104. The van der Waals surface area contributed by atoms with E-state index in [9.17, 15) is 4.79 Å². The van der Waals surface area contributed by atoms with Crippen molar-refractivity contribution in [1.82, 2.24) is 5.73 Å². The molecule has 0 aromatic rings. The van der Waals surface area contributed by atoms with Crippen molar-refractivity contribution in [2.75, 3.05) is 6.61 Å². The molecule has 0 saturated heterocycles. The largest absolute Gasteiger partial charge is 0.448 e. The molecule has 0 bridgehead atoms. The third-order valence-corrected chi connectivity index (χ3v) is 1.28. The Morgan fingerprint density at radius 1 is 1.70 bits per heavy atom. The van der Waals surface area contributed by atoms with Crippen molar-refractivity contribution >= 4 is 6.09 Å². The second kappa shape index (κ2) is 5.09. The van der Waals surface area contributed by atoms with Gasteiger partial charge >= 0.3 is 6.09 Å². The Hall–Kier alpha value is -0.730. The molecule has 0 saturated carbocycles. The lowest BCUT2D eigenvalue weighted by Gasteiger charge is -2.07. The first-order valence-corrected chi connectivity index (χ1v) is 3.55. The summed E-state index contributed by atoms with van der Waals surface area (Å²) < 4.78 is 4.48. The molecule has 0 aliphatic carbocycles. The minimum Gasteiger partial charge on any atom is -0.448 e. The van der Waals surface area contributed by atoms with Crippen molar-refractivity contribution in [3.05, 3.63) is 0 Å². The molecule has 10 heavy (non-hydrogen) atoms. The molecule has 1 radical (unpaired) electrons.